The van der Waals surface area contributed by atoms with E-state index in [1.165, 1.54) is 19.3 Å². The molecule has 0 saturated heterocycles. The number of nitrogens with zero attached hydrogens (tertiary/aromatic N) is 1. The van der Waals surface area contributed by atoms with Gasteiger partial charge in [-0.05, 0) is 19.8 Å². The Morgan fingerprint density at radius 2 is 2.13 bits per heavy atom. The molecule has 0 spiro atoms. The van der Waals surface area contributed by atoms with Crippen molar-refractivity contribution in [3.8, 4) is 0 Å². The van der Waals surface area contributed by atoms with E-state index in [9.17, 15) is 0 Å². The maximum Gasteiger partial charge on any atom is 0.188 e. The fourth-order valence-electron chi connectivity index (χ4n) is 1.24. The third-order valence-corrected chi connectivity index (χ3v) is 2.15. The van der Waals surface area contributed by atoms with Crippen LogP contribution in [0.2, 0.25) is 0 Å². The number of guanidine groups is 1. The van der Waals surface area contributed by atoms with Crippen LogP contribution in [0.3, 0.4) is 0 Å². The number of hydrogen-bond donors (Lipinski definition) is 2. The van der Waals surface area contributed by atoms with Crippen LogP contribution in [-0.2, 0) is 0 Å². The molecule has 0 bridgehead atoms. The van der Waals surface area contributed by atoms with E-state index in [0.29, 0.717) is 5.96 Å². The van der Waals surface area contributed by atoms with Crippen LogP contribution >= 0.6 is 0 Å². The van der Waals surface area contributed by atoms with E-state index >= 15 is 0 Å². The molecule has 0 unspecified atom stereocenters. The zero-order chi connectivity index (χ0) is 11.4. The zero-order valence-corrected chi connectivity index (χ0v) is 10.1. The van der Waals surface area contributed by atoms with E-state index in [-0.39, 0.29) is 0 Å². The summed E-state index contributed by atoms with van der Waals surface area (Å²) in [6, 6.07) is 0. The number of allylic oxidation sites excluding steroid dienone is 1. The molecular formula is C12H25N3. The highest BCUT2D eigenvalue weighted by Crippen LogP contribution is 1.98. The molecule has 0 heterocycles. The minimum Gasteiger partial charge on any atom is -0.370 e. The standard InChI is InChI=1S/C12H25N3/c1-3-5-7-9-11-15-12(13)14-10-8-6-4-2/h4,6H,3,5,7-11H2,1-2H3,(H3,13,14,15). The van der Waals surface area contributed by atoms with E-state index in [1.807, 2.05) is 13.0 Å². The molecule has 3 nitrogen and oxygen atoms in total. The summed E-state index contributed by atoms with van der Waals surface area (Å²) in [5.74, 6) is 0.580. The molecule has 0 aliphatic carbocycles. The van der Waals surface area contributed by atoms with Crippen LogP contribution in [-0.4, -0.2) is 19.0 Å². The monoisotopic (exact) mass is 211 g/mol. The molecule has 0 aliphatic heterocycles. The van der Waals surface area contributed by atoms with Crippen molar-refractivity contribution in [3.63, 3.8) is 0 Å². The molecular weight excluding hydrogens is 186 g/mol. The highest BCUT2D eigenvalue weighted by molar-refractivity contribution is 5.77. The molecule has 0 aromatic rings. The molecule has 0 fully saturated rings. The quantitative estimate of drug-likeness (QED) is 0.280. The molecule has 0 atom stereocenters. The van der Waals surface area contributed by atoms with Crippen LogP contribution in [0.1, 0.15) is 46.0 Å². The largest absolute Gasteiger partial charge is 0.370 e. The Labute approximate surface area is 93.8 Å². The van der Waals surface area contributed by atoms with Crippen LogP contribution in [0.15, 0.2) is 17.1 Å². The lowest BCUT2D eigenvalue weighted by Gasteiger charge is -2.03. The van der Waals surface area contributed by atoms with E-state index in [1.54, 1.807) is 0 Å². The van der Waals surface area contributed by atoms with E-state index < -0.39 is 0 Å². The molecule has 3 heteroatoms. The second-order valence-electron chi connectivity index (χ2n) is 3.61. The lowest BCUT2D eigenvalue weighted by molar-refractivity contribution is 0.673. The summed E-state index contributed by atoms with van der Waals surface area (Å²) < 4.78 is 0. The average Bonchev–Trinajstić information content (AvgIpc) is 2.24. The zero-order valence-electron chi connectivity index (χ0n) is 10.1. The number of nitrogens with two attached hydrogens (primary N) is 1. The van der Waals surface area contributed by atoms with E-state index in [4.69, 9.17) is 5.73 Å². The van der Waals surface area contributed by atoms with Gasteiger partial charge in [0.25, 0.3) is 0 Å². The summed E-state index contributed by atoms with van der Waals surface area (Å²) in [6.07, 6.45) is 10.1. The Morgan fingerprint density at radius 1 is 1.33 bits per heavy atom. The Bertz CT molecular complexity index is 185. The van der Waals surface area contributed by atoms with Crippen molar-refractivity contribution in [2.45, 2.75) is 46.0 Å². The highest BCUT2D eigenvalue weighted by Gasteiger charge is 1.90. The summed E-state index contributed by atoms with van der Waals surface area (Å²) in [5.41, 5.74) is 5.69. The first-order valence-corrected chi connectivity index (χ1v) is 5.96. The first-order chi connectivity index (χ1) is 7.31. The first kappa shape index (κ1) is 14.0. The normalized spacial score (nSPS) is 12.3. The van der Waals surface area contributed by atoms with Gasteiger partial charge in [0.2, 0.25) is 0 Å². The molecule has 3 N–H and O–H groups in total. The number of rotatable bonds is 8. The molecule has 0 aromatic carbocycles. The van der Waals surface area contributed by atoms with Gasteiger partial charge in [-0.25, -0.2) is 0 Å². The highest BCUT2D eigenvalue weighted by atomic mass is 15.1. The Balaban J connectivity index is 3.35. The third kappa shape index (κ3) is 10.9. The SMILES string of the molecule is CC=CCCNC(N)=NCCCCCC. The number of unbranched alkanes of at least 4 members (excludes halogenated alkanes) is 3. The van der Waals surface area contributed by atoms with E-state index in [0.717, 1.165) is 25.9 Å². The van der Waals surface area contributed by atoms with Crippen LogP contribution in [0.5, 0.6) is 0 Å². The van der Waals surface area contributed by atoms with Gasteiger partial charge in [-0.2, -0.15) is 0 Å². The summed E-state index contributed by atoms with van der Waals surface area (Å²) >= 11 is 0. The smallest absolute Gasteiger partial charge is 0.188 e. The van der Waals surface area contributed by atoms with Gasteiger partial charge in [-0.1, -0.05) is 38.3 Å². The van der Waals surface area contributed by atoms with Gasteiger partial charge >= 0.3 is 0 Å². The molecule has 15 heavy (non-hydrogen) atoms. The lowest BCUT2D eigenvalue weighted by Crippen LogP contribution is -2.32. The maximum absolute atomic E-state index is 5.69. The maximum atomic E-state index is 5.69. The van der Waals surface area contributed by atoms with Crippen LogP contribution in [0.4, 0.5) is 0 Å². The van der Waals surface area contributed by atoms with Gasteiger partial charge in [0.1, 0.15) is 0 Å². The molecule has 0 radical (unpaired) electrons. The topological polar surface area (TPSA) is 50.4 Å². The van der Waals surface area contributed by atoms with Gasteiger partial charge in [0.15, 0.2) is 5.96 Å². The molecule has 0 aliphatic rings. The predicted molar refractivity (Wildman–Crippen MR) is 68.1 cm³/mol. The van der Waals surface area contributed by atoms with Crippen molar-refractivity contribution in [1.82, 2.24) is 5.32 Å². The Morgan fingerprint density at radius 3 is 2.80 bits per heavy atom. The van der Waals surface area contributed by atoms with Gasteiger partial charge in [0, 0.05) is 13.1 Å². The molecule has 0 amide bonds. The van der Waals surface area contributed by atoms with Crippen molar-refractivity contribution in [2.24, 2.45) is 10.7 Å². The van der Waals surface area contributed by atoms with Crippen molar-refractivity contribution < 1.29 is 0 Å². The van der Waals surface area contributed by atoms with Gasteiger partial charge in [-0.15, -0.1) is 0 Å². The van der Waals surface area contributed by atoms with Crippen molar-refractivity contribution in [2.75, 3.05) is 13.1 Å². The fourth-order valence-corrected chi connectivity index (χ4v) is 1.24. The fraction of sp³-hybridized carbons (Fsp3) is 0.750. The van der Waals surface area contributed by atoms with Crippen molar-refractivity contribution >= 4 is 5.96 Å². The number of aliphatic imine (C=N–C) groups is 1. The Hall–Kier alpha value is -0.990. The van der Waals surface area contributed by atoms with Gasteiger partial charge < -0.3 is 11.1 Å². The molecule has 0 rings (SSSR count). The average molecular weight is 211 g/mol. The molecule has 0 aromatic heterocycles. The molecule has 0 saturated carbocycles. The number of nitrogens with one attached hydrogen (secondary N) is 1. The summed E-state index contributed by atoms with van der Waals surface area (Å²) in [4.78, 5) is 4.25. The second kappa shape index (κ2) is 11.1. The summed E-state index contributed by atoms with van der Waals surface area (Å²) in [6.45, 7) is 5.95. The Kier molecular flexibility index (Phi) is 10.4. The van der Waals surface area contributed by atoms with Crippen LogP contribution in [0, 0.1) is 0 Å². The van der Waals surface area contributed by atoms with E-state index in [2.05, 4.69) is 23.3 Å². The van der Waals surface area contributed by atoms with Crippen molar-refractivity contribution in [1.29, 1.82) is 0 Å². The third-order valence-electron chi connectivity index (χ3n) is 2.15. The second-order valence-corrected chi connectivity index (χ2v) is 3.61. The minimum absolute atomic E-state index is 0.580. The summed E-state index contributed by atoms with van der Waals surface area (Å²) in [7, 11) is 0. The number of hydrogen-bond acceptors (Lipinski definition) is 1. The predicted octanol–water partition coefficient (Wildman–Crippen LogP) is 2.44. The lowest BCUT2D eigenvalue weighted by atomic mass is 10.2. The van der Waals surface area contributed by atoms with Crippen LogP contribution < -0.4 is 11.1 Å². The summed E-state index contributed by atoms with van der Waals surface area (Å²) in [5, 5.41) is 3.08. The van der Waals surface area contributed by atoms with Crippen LogP contribution in [0.25, 0.3) is 0 Å². The van der Waals surface area contributed by atoms with Gasteiger partial charge in [-0.3, -0.25) is 4.99 Å². The first-order valence-electron chi connectivity index (χ1n) is 5.96. The molecule has 88 valence electrons. The van der Waals surface area contributed by atoms with Crippen molar-refractivity contribution in [3.05, 3.63) is 12.2 Å². The minimum atomic E-state index is 0.580. The van der Waals surface area contributed by atoms with Gasteiger partial charge in [0.05, 0.1) is 0 Å².